The van der Waals surface area contributed by atoms with Crippen molar-refractivity contribution in [2.24, 2.45) is 5.92 Å². The van der Waals surface area contributed by atoms with Gasteiger partial charge >= 0.3 is 0 Å². The number of hydrogen-bond donors (Lipinski definition) is 2. The highest BCUT2D eigenvalue weighted by Gasteiger charge is 2.09. The zero-order valence-corrected chi connectivity index (χ0v) is 10.3. The highest BCUT2D eigenvalue weighted by Crippen LogP contribution is 2.04. The Morgan fingerprint density at radius 3 is 2.14 bits per heavy atom. The monoisotopic (exact) mass is 222 g/mol. The fourth-order valence-corrected chi connectivity index (χ4v) is 1.82. The van der Waals surface area contributed by atoms with E-state index in [2.05, 4.69) is 30.8 Å². The molecule has 0 fully saturated rings. The molecule has 0 aromatic heterocycles. The minimum Gasteiger partial charge on any atom is -0.312 e. The van der Waals surface area contributed by atoms with E-state index in [1.165, 1.54) is 6.26 Å². The maximum Gasteiger partial charge on any atom is 0.208 e. The van der Waals surface area contributed by atoms with Crippen LogP contribution in [-0.2, 0) is 10.0 Å². The molecule has 4 nitrogen and oxygen atoms in total. The number of hydrogen-bond acceptors (Lipinski definition) is 3. The first-order chi connectivity index (χ1) is 6.37. The normalized spacial score (nSPS) is 14.6. The third-order valence-corrected chi connectivity index (χ3v) is 2.87. The summed E-state index contributed by atoms with van der Waals surface area (Å²) in [5.74, 6) is 0.582. The fraction of sp³-hybridized carbons (Fsp3) is 1.00. The van der Waals surface area contributed by atoms with Gasteiger partial charge in [-0.3, -0.25) is 0 Å². The average molecular weight is 222 g/mol. The summed E-state index contributed by atoms with van der Waals surface area (Å²) in [4.78, 5) is 0. The number of sulfonamides is 1. The Kier molecular flexibility index (Phi) is 6.31. The maximum absolute atomic E-state index is 10.7. The summed E-state index contributed by atoms with van der Waals surface area (Å²) in [6.07, 6.45) is 2.24. The van der Waals surface area contributed by atoms with E-state index in [4.69, 9.17) is 0 Å². The molecule has 0 amide bonds. The molecule has 5 heteroatoms. The van der Waals surface area contributed by atoms with Gasteiger partial charge in [0, 0.05) is 19.1 Å². The van der Waals surface area contributed by atoms with Gasteiger partial charge in [0.05, 0.1) is 6.26 Å². The molecule has 0 aliphatic heterocycles. The van der Waals surface area contributed by atoms with Gasteiger partial charge in [0.1, 0.15) is 0 Å². The van der Waals surface area contributed by atoms with Crippen molar-refractivity contribution < 1.29 is 8.42 Å². The second kappa shape index (κ2) is 6.37. The van der Waals surface area contributed by atoms with E-state index in [0.29, 0.717) is 25.0 Å². The summed E-state index contributed by atoms with van der Waals surface area (Å²) in [7, 11) is -3.04. The largest absolute Gasteiger partial charge is 0.312 e. The molecule has 0 aliphatic rings. The second-order valence-corrected chi connectivity index (χ2v) is 5.71. The van der Waals surface area contributed by atoms with Crippen molar-refractivity contribution in [3.8, 4) is 0 Å². The van der Waals surface area contributed by atoms with Crippen LogP contribution < -0.4 is 10.0 Å². The van der Waals surface area contributed by atoms with Crippen molar-refractivity contribution >= 4 is 10.0 Å². The van der Waals surface area contributed by atoms with E-state index < -0.39 is 10.0 Å². The Morgan fingerprint density at radius 2 is 1.79 bits per heavy atom. The molecule has 0 saturated heterocycles. The molecule has 1 atom stereocenters. The summed E-state index contributed by atoms with van der Waals surface area (Å²) >= 11 is 0. The molecule has 0 heterocycles. The van der Waals surface area contributed by atoms with Crippen LogP contribution in [0.25, 0.3) is 0 Å². The van der Waals surface area contributed by atoms with Crippen LogP contribution in [0.15, 0.2) is 0 Å². The standard InChI is InChI=1S/C9H22N2O2S/c1-5-9(8(2)3)10-6-7-11-14(4,12)13/h8-11H,5-7H2,1-4H3. The van der Waals surface area contributed by atoms with Crippen LogP contribution in [0.1, 0.15) is 27.2 Å². The van der Waals surface area contributed by atoms with Crippen LogP contribution in [0.4, 0.5) is 0 Å². The van der Waals surface area contributed by atoms with Gasteiger partial charge in [0.2, 0.25) is 10.0 Å². The lowest BCUT2D eigenvalue weighted by Crippen LogP contribution is -2.39. The van der Waals surface area contributed by atoms with Gasteiger partial charge in [0.15, 0.2) is 0 Å². The summed E-state index contributed by atoms with van der Waals surface area (Å²) < 4.78 is 23.9. The molecule has 2 N–H and O–H groups in total. The zero-order chi connectivity index (χ0) is 11.2. The zero-order valence-electron chi connectivity index (χ0n) is 9.50. The molecule has 0 bridgehead atoms. The Morgan fingerprint density at radius 1 is 1.21 bits per heavy atom. The van der Waals surface area contributed by atoms with Crippen molar-refractivity contribution in [1.29, 1.82) is 0 Å². The molecule has 1 unspecified atom stereocenters. The van der Waals surface area contributed by atoms with Crippen LogP contribution in [0, 0.1) is 5.92 Å². The molecular formula is C9H22N2O2S. The first-order valence-corrected chi connectivity index (χ1v) is 6.94. The van der Waals surface area contributed by atoms with Crippen LogP contribution >= 0.6 is 0 Å². The molecule has 0 aromatic carbocycles. The van der Waals surface area contributed by atoms with Gasteiger partial charge in [-0.1, -0.05) is 20.8 Å². The van der Waals surface area contributed by atoms with Crippen molar-refractivity contribution in [3.63, 3.8) is 0 Å². The molecule has 0 rings (SSSR count). The van der Waals surface area contributed by atoms with Gasteiger partial charge in [0.25, 0.3) is 0 Å². The van der Waals surface area contributed by atoms with Crippen LogP contribution in [0.5, 0.6) is 0 Å². The Hall–Kier alpha value is -0.130. The Bertz CT molecular complexity index is 237. The predicted molar refractivity (Wildman–Crippen MR) is 59.8 cm³/mol. The van der Waals surface area contributed by atoms with E-state index >= 15 is 0 Å². The quantitative estimate of drug-likeness (QED) is 0.619. The first-order valence-electron chi connectivity index (χ1n) is 5.04. The Balaban J connectivity index is 3.63. The first kappa shape index (κ1) is 13.9. The van der Waals surface area contributed by atoms with E-state index in [-0.39, 0.29) is 0 Å². The summed E-state index contributed by atoms with van der Waals surface area (Å²) in [5, 5.41) is 3.31. The van der Waals surface area contributed by atoms with Gasteiger partial charge in [-0.25, -0.2) is 13.1 Å². The maximum atomic E-state index is 10.7. The Labute approximate surface area is 87.5 Å². The molecule has 0 aromatic rings. The van der Waals surface area contributed by atoms with Gasteiger partial charge in [-0.15, -0.1) is 0 Å². The lowest BCUT2D eigenvalue weighted by atomic mass is 10.0. The SMILES string of the molecule is CCC(NCCNS(C)(=O)=O)C(C)C. The average Bonchev–Trinajstić information content (AvgIpc) is 2.01. The smallest absolute Gasteiger partial charge is 0.208 e. The third kappa shape index (κ3) is 7.29. The van der Waals surface area contributed by atoms with Crippen molar-refractivity contribution in [2.45, 2.75) is 33.2 Å². The van der Waals surface area contributed by atoms with Crippen molar-refractivity contribution in [3.05, 3.63) is 0 Å². The highest BCUT2D eigenvalue weighted by molar-refractivity contribution is 7.88. The highest BCUT2D eigenvalue weighted by atomic mass is 32.2. The van der Waals surface area contributed by atoms with E-state index in [1.807, 2.05) is 0 Å². The summed E-state index contributed by atoms with van der Waals surface area (Å²) in [6, 6.07) is 0.469. The molecule has 0 aliphatic carbocycles. The van der Waals surface area contributed by atoms with Crippen molar-refractivity contribution in [1.82, 2.24) is 10.0 Å². The van der Waals surface area contributed by atoms with Crippen molar-refractivity contribution in [2.75, 3.05) is 19.3 Å². The minimum atomic E-state index is -3.04. The molecular weight excluding hydrogens is 200 g/mol. The van der Waals surface area contributed by atoms with Gasteiger partial charge in [-0.2, -0.15) is 0 Å². The number of rotatable bonds is 7. The van der Waals surface area contributed by atoms with Gasteiger partial charge in [-0.05, 0) is 12.3 Å². The topological polar surface area (TPSA) is 58.2 Å². The molecule has 14 heavy (non-hydrogen) atoms. The van der Waals surface area contributed by atoms with Crippen LogP contribution in [-0.4, -0.2) is 33.8 Å². The fourth-order valence-electron chi connectivity index (χ4n) is 1.35. The second-order valence-electron chi connectivity index (χ2n) is 3.88. The number of nitrogens with one attached hydrogen (secondary N) is 2. The van der Waals surface area contributed by atoms with E-state index in [1.54, 1.807) is 0 Å². The molecule has 0 spiro atoms. The summed E-state index contributed by atoms with van der Waals surface area (Å²) in [5.41, 5.74) is 0. The lowest BCUT2D eigenvalue weighted by Gasteiger charge is -2.20. The van der Waals surface area contributed by atoms with Crippen LogP contribution in [0.3, 0.4) is 0 Å². The third-order valence-electron chi connectivity index (χ3n) is 2.14. The minimum absolute atomic E-state index is 0.460. The van der Waals surface area contributed by atoms with Gasteiger partial charge < -0.3 is 5.32 Å². The molecule has 0 radical (unpaired) electrons. The van der Waals surface area contributed by atoms with E-state index in [0.717, 1.165) is 6.42 Å². The van der Waals surface area contributed by atoms with E-state index in [9.17, 15) is 8.42 Å². The summed E-state index contributed by atoms with van der Waals surface area (Å²) in [6.45, 7) is 7.59. The predicted octanol–water partition coefficient (Wildman–Crippen LogP) is 0.560. The van der Waals surface area contributed by atoms with Crippen LogP contribution in [0.2, 0.25) is 0 Å². The lowest BCUT2D eigenvalue weighted by molar-refractivity contribution is 0.391. The molecule has 0 saturated carbocycles. The molecule has 86 valence electrons.